The van der Waals surface area contributed by atoms with Crippen molar-refractivity contribution >= 4 is 0 Å². The summed E-state index contributed by atoms with van der Waals surface area (Å²) in [6, 6.07) is 0. The summed E-state index contributed by atoms with van der Waals surface area (Å²) < 4.78 is 0. The topological polar surface area (TPSA) is 40.5 Å². The maximum absolute atomic E-state index is 9.74. The molecule has 2 aliphatic carbocycles. The van der Waals surface area contributed by atoms with Crippen molar-refractivity contribution < 1.29 is 10.2 Å². The highest BCUT2D eigenvalue weighted by atomic mass is 16.3. The van der Waals surface area contributed by atoms with Crippen LogP contribution < -0.4 is 0 Å². The Morgan fingerprint density at radius 1 is 1.20 bits per heavy atom. The van der Waals surface area contributed by atoms with Gasteiger partial charge in [-0.3, -0.25) is 0 Å². The molecule has 4 atom stereocenters. The number of hydrogen-bond acceptors (Lipinski definition) is 2. The number of aliphatic hydroxyl groups is 2. The van der Waals surface area contributed by atoms with Gasteiger partial charge in [0.05, 0.1) is 12.2 Å². The molecule has 2 nitrogen and oxygen atoms in total. The first-order chi connectivity index (χ1) is 9.44. The molecule has 0 aromatic carbocycles. The maximum atomic E-state index is 9.74. The molecule has 0 spiro atoms. The highest BCUT2D eigenvalue weighted by Crippen LogP contribution is 2.46. The lowest BCUT2D eigenvalue weighted by atomic mass is 9.64. The van der Waals surface area contributed by atoms with E-state index in [-0.39, 0.29) is 12.2 Å². The van der Waals surface area contributed by atoms with Crippen molar-refractivity contribution in [1.82, 2.24) is 0 Å². The smallest absolute Gasteiger partial charge is 0.0602 e. The van der Waals surface area contributed by atoms with E-state index >= 15 is 0 Å². The Balaban J connectivity index is 2.10. The zero-order chi connectivity index (χ0) is 14.8. The molecule has 0 bridgehead atoms. The zero-order valence-corrected chi connectivity index (χ0v) is 13.2. The van der Waals surface area contributed by atoms with Gasteiger partial charge >= 0.3 is 0 Å². The van der Waals surface area contributed by atoms with Gasteiger partial charge in [0.25, 0.3) is 0 Å². The summed E-state index contributed by atoms with van der Waals surface area (Å²) in [4.78, 5) is 0. The van der Waals surface area contributed by atoms with E-state index in [2.05, 4.69) is 32.9 Å². The highest BCUT2D eigenvalue weighted by molar-refractivity contribution is 5.23. The van der Waals surface area contributed by atoms with Crippen LogP contribution in [0.4, 0.5) is 0 Å². The Bertz CT molecular complexity index is 384. The first kappa shape index (κ1) is 15.8. The molecule has 0 aromatic rings. The largest absolute Gasteiger partial charge is 0.393 e. The third kappa shape index (κ3) is 3.53. The summed E-state index contributed by atoms with van der Waals surface area (Å²) in [7, 11) is 0. The van der Waals surface area contributed by atoms with Crippen LogP contribution in [-0.4, -0.2) is 22.4 Å². The van der Waals surface area contributed by atoms with Crippen molar-refractivity contribution in [2.45, 2.75) is 77.9 Å². The molecule has 2 heteroatoms. The minimum Gasteiger partial charge on any atom is -0.393 e. The SMILES string of the molecule is CCC1(C)CCC/C(=C\C=C2CC(O)C[C@H](O)C2)C1C. The van der Waals surface area contributed by atoms with Crippen molar-refractivity contribution in [1.29, 1.82) is 0 Å². The first-order valence-corrected chi connectivity index (χ1v) is 8.19. The lowest BCUT2D eigenvalue weighted by Crippen LogP contribution is -2.30. The van der Waals surface area contributed by atoms with Crippen LogP contribution in [0.5, 0.6) is 0 Å². The van der Waals surface area contributed by atoms with Gasteiger partial charge in [-0.25, -0.2) is 0 Å². The molecule has 20 heavy (non-hydrogen) atoms. The van der Waals surface area contributed by atoms with E-state index in [1.165, 1.54) is 31.3 Å². The Hall–Kier alpha value is -0.600. The van der Waals surface area contributed by atoms with Crippen molar-refractivity contribution in [3.05, 3.63) is 23.3 Å². The molecule has 0 radical (unpaired) electrons. The van der Waals surface area contributed by atoms with Crippen LogP contribution in [0.3, 0.4) is 0 Å². The maximum Gasteiger partial charge on any atom is 0.0602 e. The van der Waals surface area contributed by atoms with Crippen molar-refractivity contribution in [2.24, 2.45) is 11.3 Å². The third-order valence-electron chi connectivity index (χ3n) is 5.70. The molecule has 0 amide bonds. The Morgan fingerprint density at radius 2 is 1.85 bits per heavy atom. The Morgan fingerprint density at radius 3 is 2.45 bits per heavy atom. The fourth-order valence-electron chi connectivity index (χ4n) is 3.82. The normalized spacial score (nSPS) is 43.1. The predicted octanol–water partition coefficient (Wildman–Crippen LogP) is 3.98. The van der Waals surface area contributed by atoms with Gasteiger partial charge in [-0.15, -0.1) is 0 Å². The van der Waals surface area contributed by atoms with Crippen LogP contribution >= 0.6 is 0 Å². The monoisotopic (exact) mass is 278 g/mol. The van der Waals surface area contributed by atoms with E-state index in [0.29, 0.717) is 17.8 Å². The molecule has 2 aliphatic rings. The average molecular weight is 278 g/mol. The van der Waals surface area contributed by atoms with Gasteiger partial charge in [-0.2, -0.15) is 0 Å². The van der Waals surface area contributed by atoms with Gasteiger partial charge in [0.15, 0.2) is 0 Å². The van der Waals surface area contributed by atoms with Crippen molar-refractivity contribution in [3.63, 3.8) is 0 Å². The van der Waals surface area contributed by atoms with Gasteiger partial charge in [-0.1, -0.05) is 50.5 Å². The van der Waals surface area contributed by atoms with Gasteiger partial charge in [-0.05, 0) is 49.9 Å². The molecule has 0 saturated heterocycles. The van der Waals surface area contributed by atoms with Crippen LogP contribution in [0.15, 0.2) is 23.3 Å². The summed E-state index contributed by atoms with van der Waals surface area (Å²) in [5, 5.41) is 19.5. The van der Waals surface area contributed by atoms with Gasteiger partial charge in [0.2, 0.25) is 0 Å². The second-order valence-electron chi connectivity index (χ2n) is 7.10. The fourth-order valence-corrected chi connectivity index (χ4v) is 3.82. The van der Waals surface area contributed by atoms with Gasteiger partial charge in [0.1, 0.15) is 0 Å². The van der Waals surface area contributed by atoms with Gasteiger partial charge in [0, 0.05) is 0 Å². The second kappa shape index (κ2) is 6.44. The third-order valence-corrected chi connectivity index (χ3v) is 5.70. The van der Waals surface area contributed by atoms with Crippen molar-refractivity contribution in [3.8, 4) is 0 Å². The minimum atomic E-state index is -0.368. The molecule has 2 fully saturated rings. The number of allylic oxidation sites excluding steroid dienone is 3. The van der Waals surface area contributed by atoms with E-state index in [9.17, 15) is 10.2 Å². The second-order valence-corrected chi connectivity index (χ2v) is 7.10. The van der Waals surface area contributed by atoms with Crippen LogP contribution in [0, 0.1) is 11.3 Å². The predicted molar refractivity (Wildman–Crippen MR) is 83.4 cm³/mol. The van der Waals surface area contributed by atoms with Crippen LogP contribution in [0.2, 0.25) is 0 Å². The number of aliphatic hydroxyl groups excluding tert-OH is 2. The molecule has 114 valence electrons. The average Bonchev–Trinajstić information content (AvgIpc) is 2.39. The van der Waals surface area contributed by atoms with Crippen LogP contribution in [-0.2, 0) is 0 Å². The number of hydrogen-bond donors (Lipinski definition) is 2. The van der Waals surface area contributed by atoms with E-state index in [4.69, 9.17) is 0 Å². The van der Waals surface area contributed by atoms with Crippen LogP contribution in [0.1, 0.15) is 65.7 Å². The molecule has 0 aliphatic heterocycles. The highest BCUT2D eigenvalue weighted by Gasteiger charge is 2.34. The standard InChI is InChI=1S/C18H30O2/c1-4-18(3)9-5-6-15(13(18)2)8-7-14-10-16(19)12-17(20)11-14/h7-8,13,16-17,19-20H,4-6,9-12H2,1-3H3/b14-7?,15-8+/t13?,16-,17?,18?/m1/s1. The molecule has 3 unspecified atom stereocenters. The molecular formula is C18H30O2. The Kier molecular flexibility index (Phi) is 5.09. The Labute approximate surface area is 123 Å². The van der Waals surface area contributed by atoms with E-state index in [1.807, 2.05) is 0 Å². The minimum absolute atomic E-state index is 0.368. The molecule has 2 saturated carbocycles. The lowest BCUT2D eigenvalue weighted by molar-refractivity contribution is 0.0609. The summed E-state index contributed by atoms with van der Waals surface area (Å²) >= 11 is 0. The van der Waals surface area contributed by atoms with E-state index in [0.717, 1.165) is 12.8 Å². The van der Waals surface area contributed by atoms with Gasteiger partial charge < -0.3 is 10.2 Å². The molecule has 0 aromatic heterocycles. The molecule has 2 N–H and O–H groups in total. The van der Waals surface area contributed by atoms with E-state index < -0.39 is 0 Å². The van der Waals surface area contributed by atoms with Crippen LogP contribution in [0.25, 0.3) is 0 Å². The molecule has 0 heterocycles. The summed E-state index contributed by atoms with van der Waals surface area (Å²) in [5.41, 5.74) is 3.18. The van der Waals surface area contributed by atoms with E-state index in [1.54, 1.807) is 5.57 Å². The lowest BCUT2D eigenvalue weighted by Gasteiger charge is -2.41. The first-order valence-electron chi connectivity index (χ1n) is 8.19. The summed E-state index contributed by atoms with van der Waals surface area (Å²) in [6.45, 7) is 7.06. The zero-order valence-electron chi connectivity index (χ0n) is 13.2. The molecular weight excluding hydrogens is 248 g/mol. The van der Waals surface area contributed by atoms with Crippen molar-refractivity contribution in [2.75, 3.05) is 0 Å². The number of rotatable bonds is 2. The summed E-state index contributed by atoms with van der Waals surface area (Å²) in [6.07, 6.45) is 10.7. The molecule has 2 rings (SSSR count). The fraction of sp³-hybridized carbons (Fsp3) is 0.778. The summed E-state index contributed by atoms with van der Waals surface area (Å²) in [5.74, 6) is 0.636. The quantitative estimate of drug-likeness (QED) is 0.802.